The average Bonchev–Trinajstić information content (AvgIpc) is 3.29. The molecule has 0 saturated heterocycles. The van der Waals surface area contributed by atoms with Crippen molar-refractivity contribution in [3.8, 4) is 0 Å². The Morgan fingerprint density at radius 1 is 1.47 bits per heavy atom. The van der Waals surface area contributed by atoms with E-state index >= 15 is 0 Å². The number of amides is 1. The maximum atomic E-state index is 12.5. The maximum Gasteiger partial charge on any atom is 0.230 e. The van der Waals surface area contributed by atoms with E-state index in [0.717, 1.165) is 18.4 Å². The molecule has 2 saturated carbocycles. The number of nitrogens with one attached hydrogen (secondary N) is 1. The van der Waals surface area contributed by atoms with Crippen LogP contribution in [0.25, 0.3) is 0 Å². The molecular weight excluding hydrogens is 260 g/mol. The Morgan fingerprint density at radius 2 is 2.21 bits per heavy atom. The molecule has 0 bridgehead atoms. The van der Waals surface area contributed by atoms with Crippen LogP contribution >= 0.6 is 11.6 Å². The lowest BCUT2D eigenvalue weighted by atomic mass is 9.94. The molecule has 1 aromatic carbocycles. The molecule has 1 aromatic rings. The average molecular weight is 279 g/mol. The number of carbonyl (C=O) groups is 1. The summed E-state index contributed by atoms with van der Waals surface area (Å²) < 4.78 is 0. The van der Waals surface area contributed by atoms with E-state index in [1.54, 1.807) is 0 Å². The van der Waals surface area contributed by atoms with E-state index in [-0.39, 0.29) is 17.4 Å². The Morgan fingerprint density at radius 3 is 2.74 bits per heavy atom. The highest BCUT2D eigenvalue weighted by Gasteiger charge is 2.52. The predicted octanol–water partition coefficient (Wildman–Crippen LogP) is 2.23. The third-order valence-corrected chi connectivity index (χ3v) is 4.56. The number of benzene rings is 1. The van der Waals surface area contributed by atoms with Gasteiger partial charge in [-0.1, -0.05) is 23.7 Å². The maximum absolute atomic E-state index is 12.5. The Balaban J connectivity index is 1.75. The molecule has 2 fully saturated rings. The molecule has 0 heterocycles. The van der Waals surface area contributed by atoms with E-state index < -0.39 is 0 Å². The third-order valence-electron chi connectivity index (χ3n) is 4.32. The Labute approximate surface area is 118 Å². The number of hydrogen-bond acceptors (Lipinski definition) is 2. The molecule has 0 aliphatic heterocycles. The van der Waals surface area contributed by atoms with E-state index in [2.05, 4.69) is 5.32 Å². The van der Waals surface area contributed by atoms with Gasteiger partial charge in [0.2, 0.25) is 5.91 Å². The highest BCUT2D eigenvalue weighted by atomic mass is 35.5. The highest BCUT2D eigenvalue weighted by Crippen LogP contribution is 2.49. The summed E-state index contributed by atoms with van der Waals surface area (Å²) in [5.41, 5.74) is 6.43. The molecule has 0 radical (unpaired) electrons. The van der Waals surface area contributed by atoms with Crippen molar-refractivity contribution < 1.29 is 4.79 Å². The van der Waals surface area contributed by atoms with Gasteiger partial charge in [-0.05, 0) is 49.3 Å². The van der Waals surface area contributed by atoms with Gasteiger partial charge < -0.3 is 11.1 Å². The second kappa shape index (κ2) is 4.80. The summed E-state index contributed by atoms with van der Waals surface area (Å²) in [6.07, 6.45) is 4.18. The van der Waals surface area contributed by atoms with E-state index in [4.69, 9.17) is 17.3 Å². The third kappa shape index (κ3) is 2.49. The van der Waals surface area contributed by atoms with Gasteiger partial charge >= 0.3 is 0 Å². The van der Waals surface area contributed by atoms with E-state index in [9.17, 15) is 4.79 Å². The lowest BCUT2D eigenvalue weighted by Gasteiger charge is -2.21. The fourth-order valence-electron chi connectivity index (χ4n) is 2.73. The van der Waals surface area contributed by atoms with Crippen molar-refractivity contribution in [1.29, 1.82) is 0 Å². The number of rotatable bonds is 5. The van der Waals surface area contributed by atoms with Crippen LogP contribution in [0.5, 0.6) is 0 Å². The van der Waals surface area contributed by atoms with Crippen LogP contribution in [-0.2, 0) is 10.2 Å². The number of halogens is 1. The van der Waals surface area contributed by atoms with Crippen molar-refractivity contribution in [2.75, 3.05) is 6.54 Å². The lowest BCUT2D eigenvalue weighted by molar-refractivity contribution is -0.124. The van der Waals surface area contributed by atoms with Gasteiger partial charge in [0.25, 0.3) is 0 Å². The zero-order chi connectivity index (χ0) is 13.5. The first-order valence-electron chi connectivity index (χ1n) is 6.93. The summed E-state index contributed by atoms with van der Waals surface area (Å²) in [6, 6.07) is 7.79. The van der Waals surface area contributed by atoms with Crippen molar-refractivity contribution in [2.45, 2.75) is 37.1 Å². The van der Waals surface area contributed by atoms with Gasteiger partial charge in [0.05, 0.1) is 5.41 Å². The molecule has 1 unspecified atom stereocenters. The van der Waals surface area contributed by atoms with Gasteiger partial charge in [0.15, 0.2) is 0 Å². The Hall–Kier alpha value is -1.06. The highest BCUT2D eigenvalue weighted by molar-refractivity contribution is 6.30. The van der Waals surface area contributed by atoms with E-state index in [1.807, 2.05) is 24.3 Å². The number of hydrogen-bond donors (Lipinski definition) is 2. The molecule has 19 heavy (non-hydrogen) atoms. The SMILES string of the molecule is NCC(NC(=O)C1(c2cccc(Cl)c2)CC1)C1CC1. The van der Waals surface area contributed by atoms with Crippen LogP contribution in [0.2, 0.25) is 5.02 Å². The van der Waals surface area contributed by atoms with Gasteiger partial charge in [-0.25, -0.2) is 0 Å². The summed E-state index contributed by atoms with van der Waals surface area (Å²) in [6.45, 7) is 0.530. The van der Waals surface area contributed by atoms with Gasteiger partial charge in [0.1, 0.15) is 0 Å². The minimum absolute atomic E-state index is 0.122. The first kappa shape index (κ1) is 12.9. The topological polar surface area (TPSA) is 55.1 Å². The molecule has 0 aromatic heterocycles. The largest absolute Gasteiger partial charge is 0.351 e. The molecular formula is C15H19ClN2O. The molecule has 4 heteroatoms. The first-order chi connectivity index (χ1) is 9.15. The molecule has 1 amide bonds. The quantitative estimate of drug-likeness (QED) is 0.868. The molecule has 0 spiro atoms. The second-order valence-electron chi connectivity index (χ2n) is 5.75. The zero-order valence-electron chi connectivity index (χ0n) is 10.9. The van der Waals surface area contributed by atoms with E-state index in [1.165, 1.54) is 12.8 Å². The fourth-order valence-corrected chi connectivity index (χ4v) is 2.92. The van der Waals surface area contributed by atoms with Crippen LogP contribution < -0.4 is 11.1 Å². The molecule has 102 valence electrons. The summed E-state index contributed by atoms with van der Waals surface area (Å²) in [4.78, 5) is 12.5. The van der Waals surface area contributed by atoms with Gasteiger partial charge in [-0.3, -0.25) is 4.79 Å². The summed E-state index contributed by atoms with van der Waals surface area (Å²) >= 11 is 6.03. The van der Waals surface area contributed by atoms with Crippen molar-refractivity contribution in [3.63, 3.8) is 0 Å². The summed E-state index contributed by atoms with van der Waals surface area (Å²) in [7, 11) is 0. The van der Waals surface area contributed by atoms with Gasteiger partial charge in [-0.2, -0.15) is 0 Å². The normalized spacial score (nSPS) is 21.8. The molecule has 3 N–H and O–H groups in total. The smallest absolute Gasteiger partial charge is 0.230 e. The first-order valence-corrected chi connectivity index (χ1v) is 7.30. The second-order valence-corrected chi connectivity index (χ2v) is 6.18. The van der Waals surface area contributed by atoms with E-state index in [0.29, 0.717) is 17.5 Å². The minimum atomic E-state index is -0.354. The van der Waals surface area contributed by atoms with Gasteiger partial charge in [0, 0.05) is 17.6 Å². The number of carbonyl (C=O) groups excluding carboxylic acids is 1. The van der Waals surface area contributed by atoms with Crippen molar-refractivity contribution in [3.05, 3.63) is 34.9 Å². The lowest BCUT2D eigenvalue weighted by Crippen LogP contribution is -2.46. The Bertz CT molecular complexity index is 495. The van der Waals surface area contributed by atoms with Crippen LogP contribution in [0.1, 0.15) is 31.2 Å². The Kier molecular flexibility index (Phi) is 3.27. The minimum Gasteiger partial charge on any atom is -0.351 e. The fraction of sp³-hybridized carbons (Fsp3) is 0.533. The summed E-state index contributed by atoms with van der Waals surface area (Å²) in [5.74, 6) is 0.709. The van der Waals surface area contributed by atoms with Crippen LogP contribution in [0.3, 0.4) is 0 Å². The van der Waals surface area contributed by atoms with Crippen molar-refractivity contribution in [2.24, 2.45) is 11.7 Å². The van der Waals surface area contributed by atoms with Crippen LogP contribution in [0.4, 0.5) is 0 Å². The molecule has 3 rings (SSSR count). The molecule has 3 nitrogen and oxygen atoms in total. The van der Waals surface area contributed by atoms with Crippen LogP contribution in [0.15, 0.2) is 24.3 Å². The molecule has 2 aliphatic carbocycles. The van der Waals surface area contributed by atoms with Gasteiger partial charge in [-0.15, -0.1) is 0 Å². The summed E-state index contributed by atoms with van der Waals surface area (Å²) in [5, 5.41) is 3.83. The van der Waals surface area contributed by atoms with Crippen LogP contribution in [0, 0.1) is 5.92 Å². The monoisotopic (exact) mass is 278 g/mol. The van der Waals surface area contributed by atoms with Crippen LogP contribution in [-0.4, -0.2) is 18.5 Å². The number of nitrogens with two attached hydrogens (primary N) is 1. The predicted molar refractivity (Wildman–Crippen MR) is 76.1 cm³/mol. The molecule has 1 atom stereocenters. The van der Waals surface area contributed by atoms with Crippen molar-refractivity contribution >= 4 is 17.5 Å². The van der Waals surface area contributed by atoms with Crippen molar-refractivity contribution in [1.82, 2.24) is 5.32 Å². The molecule has 2 aliphatic rings. The zero-order valence-corrected chi connectivity index (χ0v) is 11.6. The standard InChI is InChI=1S/C15H19ClN2O/c16-12-3-1-2-11(8-12)15(6-7-15)14(19)18-13(9-17)10-4-5-10/h1-3,8,10,13H,4-7,9,17H2,(H,18,19).